The zero-order valence-corrected chi connectivity index (χ0v) is 14.3. The van der Waals surface area contributed by atoms with Gasteiger partial charge in [0.1, 0.15) is 0 Å². The second-order valence-electron chi connectivity index (χ2n) is 5.70. The number of hydrogen-bond acceptors (Lipinski definition) is 6. The minimum atomic E-state index is -3.05. The molecule has 1 aromatic rings. The van der Waals surface area contributed by atoms with Gasteiger partial charge in [0, 0.05) is 30.7 Å². The largest absolute Gasteiger partial charge is 0.323 e. The molecule has 3 atom stereocenters. The van der Waals surface area contributed by atoms with Crippen molar-refractivity contribution in [2.75, 3.05) is 19.3 Å². The van der Waals surface area contributed by atoms with Crippen LogP contribution >= 0.6 is 0 Å². The fourth-order valence-corrected chi connectivity index (χ4v) is 3.15. The molecule has 7 nitrogen and oxygen atoms in total. The molecule has 1 aromatic heterocycles. The Bertz CT molecular complexity index is 517. The summed E-state index contributed by atoms with van der Waals surface area (Å²) in [4.78, 5) is 7.85. The summed E-state index contributed by atoms with van der Waals surface area (Å²) in [6.45, 7) is 5.79. The molecule has 0 saturated carbocycles. The standard InChI is InChI=1S/C8H18N2O2S.C6H9N3.3CH4/c1-7(10-13(2,11)12)8-4-3-5-9-6-8;1-5(7)6-4-8-2-3-9-6;;;/h7-10H,3-6H2,1-2H3;2-5H,7H2,1H3;3*1H4. The van der Waals surface area contributed by atoms with Crippen LogP contribution in [0.15, 0.2) is 18.6 Å². The normalized spacial score (nSPS) is 18.8. The molecule has 0 amide bonds. The fourth-order valence-electron chi connectivity index (χ4n) is 2.29. The molecule has 0 radical (unpaired) electrons. The Labute approximate surface area is 155 Å². The van der Waals surface area contributed by atoms with Crippen molar-refractivity contribution < 1.29 is 8.42 Å². The van der Waals surface area contributed by atoms with Gasteiger partial charge in [0.25, 0.3) is 0 Å². The molecule has 2 rings (SSSR count). The molecule has 8 heteroatoms. The number of sulfonamides is 1. The van der Waals surface area contributed by atoms with Gasteiger partial charge in [-0.2, -0.15) is 0 Å². The highest BCUT2D eigenvalue weighted by atomic mass is 32.2. The van der Waals surface area contributed by atoms with Crippen molar-refractivity contribution in [3.8, 4) is 0 Å². The molecule has 150 valence electrons. The third kappa shape index (κ3) is 12.9. The van der Waals surface area contributed by atoms with Crippen LogP contribution in [-0.2, 0) is 10.0 Å². The summed E-state index contributed by atoms with van der Waals surface area (Å²) >= 11 is 0. The van der Waals surface area contributed by atoms with Crippen molar-refractivity contribution in [2.45, 2.75) is 61.1 Å². The topological polar surface area (TPSA) is 110 Å². The molecule has 0 bridgehead atoms. The van der Waals surface area contributed by atoms with Crippen molar-refractivity contribution in [2.24, 2.45) is 11.7 Å². The summed E-state index contributed by atoms with van der Waals surface area (Å²) in [5.74, 6) is 0.434. The van der Waals surface area contributed by atoms with E-state index in [0.717, 1.165) is 31.6 Å². The summed E-state index contributed by atoms with van der Waals surface area (Å²) in [5, 5.41) is 3.27. The highest BCUT2D eigenvalue weighted by Gasteiger charge is 2.21. The van der Waals surface area contributed by atoms with Crippen LogP contribution in [0.4, 0.5) is 0 Å². The summed E-state index contributed by atoms with van der Waals surface area (Å²) in [7, 11) is -3.05. The van der Waals surface area contributed by atoms with Crippen molar-refractivity contribution in [3.05, 3.63) is 24.3 Å². The molecule has 2 heterocycles. The second-order valence-corrected chi connectivity index (χ2v) is 7.48. The van der Waals surface area contributed by atoms with Crippen LogP contribution in [-0.4, -0.2) is 43.8 Å². The number of nitrogens with zero attached hydrogens (tertiary/aromatic N) is 2. The fraction of sp³-hybridized carbons (Fsp3) is 0.765. The maximum atomic E-state index is 11.0. The minimum Gasteiger partial charge on any atom is -0.323 e. The van der Waals surface area contributed by atoms with Gasteiger partial charge in [-0.1, -0.05) is 22.3 Å². The zero-order valence-electron chi connectivity index (χ0n) is 13.5. The predicted octanol–water partition coefficient (Wildman–Crippen LogP) is 2.33. The third-order valence-electron chi connectivity index (χ3n) is 3.49. The van der Waals surface area contributed by atoms with E-state index in [2.05, 4.69) is 20.0 Å². The van der Waals surface area contributed by atoms with Gasteiger partial charge in [-0.3, -0.25) is 9.97 Å². The predicted molar refractivity (Wildman–Crippen MR) is 108 cm³/mol. The molecule has 1 aliphatic heterocycles. The number of aromatic nitrogens is 2. The van der Waals surface area contributed by atoms with Crippen LogP contribution in [0.3, 0.4) is 0 Å². The summed E-state index contributed by atoms with van der Waals surface area (Å²) in [6, 6.07) is 0.0292. The van der Waals surface area contributed by atoms with E-state index in [1.165, 1.54) is 6.26 Å². The molecule has 0 aliphatic carbocycles. The van der Waals surface area contributed by atoms with E-state index in [-0.39, 0.29) is 34.4 Å². The average Bonchev–Trinajstić information content (AvgIpc) is 2.48. The second kappa shape index (κ2) is 14.1. The van der Waals surface area contributed by atoms with Crippen molar-refractivity contribution in [1.82, 2.24) is 20.0 Å². The van der Waals surface area contributed by atoms with Crippen LogP contribution in [0.5, 0.6) is 0 Å². The van der Waals surface area contributed by atoms with Crippen LogP contribution < -0.4 is 15.8 Å². The van der Waals surface area contributed by atoms with Crippen molar-refractivity contribution in [1.29, 1.82) is 0 Å². The Hall–Kier alpha value is -1.09. The SMILES string of the molecule is C.C.C.CC(N)c1cnccn1.CC(NS(C)(=O)=O)C1CCCNC1. The smallest absolute Gasteiger partial charge is 0.208 e. The van der Waals surface area contributed by atoms with Gasteiger partial charge in [-0.05, 0) is 45.7 Å². The number of nitrogens with two attached hydrogens (primary N) is 1. The number of rotatable bonds is 4. The molecular formula is C17H39N5O2S. The van der Waals surface area contributed by atoms with E-state index in [0.29, 0.717) is 5.92 Å². The lowest BCUT2D eigenvalue weighted by molar-refractivity contribution is 0.320. The maximum absolute atomic E-state index is 11.0. The van der Waals surface area contributed by atoms with Gasteiger partial charge in [0.05, 0.1) is 11.9 Å². The number of nitrogens with one attached hydrogen (secondary N) is 2. The first kappa shape index (κ1) is 28.7. The first-order valence-corrected chi connectivity index (χ1v) is 9.38. The Morgan fingerprint density at radius 1 is 1.28 bits per heavy atom. The maximum Gasteiger partial charge on any atom is 0.208 e. The lowest BCUT2D eigenvalue weighted by Gasteiger charge is -2.28. The first-order chi connectivity index (χ1) is 10.3. The molecular weight excluding hydrogens is 338 g/mol. The van der Waals surface area contributed by atoms with Gasteiger partial charge in [-0.15, -0.1) is 0 Å². The van der Waals surface area contributed by atoms with Gasteiger partial charge in [0.2, 0.25) is 10.0 Å². The van der Waals surface area contributed by atoms with Gasteiger partial charge < -0.3 is 11.1 Å². The minimum absolute atomic E-state index is 0. The van der Waals surface area contributed by atoms with E-state index in [9.17, 15) is 8.42 Å². The highest BCUT2D eigenvalue weighted by molar-refractivity contribution is 7.88. The Morgan fingerprint density at radius 2 is 1.92 bits per heavy atom. The van der Waals surface area contributed by atoms with E-state index in [1.54, 1.807) is 18.6 Å². The van der Waals surface area contributed by atoms with E-state index in [4.69, 9.17) is 5.73 Å². The average molecular weight is 378 g/mol. The molecule has 1 fully saturated rings. The van der Waals surface area contributed by atoms with E-state index >= 15 is 0 Å². The molecule has 0 spiro atoms. The molecule has 25 heavy (non-hydrogen) atoms. The number of piperidine rings is 1. The van der Waals surface area contributed by atoms with Crippen molar-refractivity contribution in [3.63, 3.8) is 0 Å². The summed E-state index contributed by atoms with van der Waals surface area (Å²) in [5.41, 5.74) is 6.34. The molecule has 3 unspecified atom stereocenters. The highest BCUT2D eigenvalue weighted by Crippen LogP contribution is 2.14. The summed E-state index contributed by atoms with van der Waals surface area (Å²) < 4.78 is 24.5. The van der Waals surface area contributed by atoms with Crippen LogP contribution in [0.25, 0.3) is 0 Å². The van der Waals surface area contributed by atoms with Gasteiger partial charge in [0.15, 0.2) is 0 Å². The Morgan fingerprint density at radius 3 is 2.28 bits per heavy atom. The molecule has 1 saturated heterocycles. The molecule has 1 aliphatic rings. The van der Waals surface area contributed by atoms with Crippen LogP contribution in [0, 0.1) is 5.92 Å². The van der Waals surface area contributed by atoms with Crippen molar-refractivity contribution >= 4 is 10.0 Å². The molecule has 0 aromatic carbocycles. The monoisotopic (exact) mass is 377 g/mol. The van der Waals surface area contributed by atoms with Gasteiger partial charge in [-0.25, -0.2) is 13.1 Å². The Kier molecular flexibility index (Phi) is 16.2. The summed E-state index contributed by atoms with van der Waals surface area (Å²) in [6.07, 6.45) is 8.39. The van der Waals surface area contributed by atoms with Crippen LogP contribution in [0.1, 0.15) is 60.7 Å². The quantitative estimate of drug-likeness (QED) is 0.743. The van der Waals surface area contributed by atoms with E-state index < -0.39 is 10.0 Å². The van der Waals surface area contributed by atoms with E-state index in [1.807, 2.05) is 13.8 Å². The lowest BCUT2D eigenvalue weighted by atomic mass is 9.94. The first-order valence-electron chi connectivity index (χ1n) is 7.49. The zero-order chi connectivity index (χ0) is 16.6. The lowest BCUT2D eigenvalue weighted by Crippen LogP contribution is -2.44. The number of hydrogen-bond donors (Lipinski definition) is 3. The Balaban J connectivity index is -0.000000362. The van der Waals surface area contributed by atoms with Crippen LogP contribution in [0.2, 0.25) is 0 Å². The van der Waals surface area contributed by atoms with Gasteiger partial charge >= 0.3 is 0 Å². The molecule has 4 N–H and O–H groups in total. The third-order valence-corrected chi connectivity index (χ3v) is 4.29.